The normalized spacial score (nSPS) is 12.3. The maximum atomic E-state index is 13.1. The van der Waals surface area contributed by atoms with Crippen LogP contribution in [-0.4, -0.2) is 36.6 Å². The Morgan fingerprint density at radius 1 is 1.22 bits per heavy atom. The van der Waals surface area contributed by atoms with Gasteiger partial charge in [0.2, 0.25) is 0 Å². The molecule has 1 atom stereocenters. The lowest BCUT2D eigenvalue weighted by molar-refractivity contribution is 0.0696. The first kappa shape index (κ1) is 17.1. The molecule has 0 spiro atoms. The van der Waals surface area contributed by atoms with Gasteiger partial charge in [-0.3, -0.25) is 0 Å². The molecule has 2 aromatic carbocycles. The van der Waals surface area contributed by atoms with Crippen molar-refractivity contribution in [3.05, 3.63) is 71.0 Å². The fourth-order valence-electron chi connectivity index (χ4n) is 2.45. The highest BCUT2D eigenvalue weighted by atomic mass is 19.1. The van der Waals surface area contributed by atoms with E-state index >= 15 is 0 Å². The molecular formula is C18H21FN2O2. The maximum Gasteiger partial charge on any atom is 0.335 e. The highest BCUT2D eigenvalue weighted by molar-refractivity contribution is 5.87. The Morgan fingerprint density at radius 2 is 1.91 bits per heavy atom. The van der Waals surface area contributed by atoms with Crippen LogP contribution in [0.1, 0.15) is 27.5 Å². The van der Waals surface area contributed by atoms with Gasteiger partial charge in [-0.1, -0.05) is 24.3 Å². The third-order valence-corrected chi connectivity index (χ3v) is 3.72. The third kappa shape index (κ3) is 4.87. The molecule has 0 amide bonds. The van der Waals surface area contributed by atoms with E-state index < -0.39 is 5.97 Å². The Kier molecular flexibility index (Phi) is 5.84. The molecule has 0 fully saturated rings. The average Bonchev–Trinajstić information content (AvgIpc) is 2.52. The first-order chi connectivity index (χ1) is 11.0. The maximum absolute atomic E-state index is 13.1. The first-order valence-corrected chi connectivity index (χ1v) is 7.42. The number of benzene rings is 2. The summed E-state index contributed by atoms with van der Waals surface area (Å²) >= 11 is 0. The van der Waals surface area contributed by atoms with Crippen LogP contribution in [0.15, 0.2) is 48.5 Å². The molecule has 2 N–H and O–H groups in total. The number of carboxylic acid groups (broad SMARTS) is 1. The molecule has 2 aromatic rings. The minimum absolute atomic E-state index is 0.109. The number of carboxylic acids is 1. The minimum Gasteiger partial charge on any atom is -0.478 e. The van der Waals surface area contributed by atoms with Gasteiger partial charge in [0, 0.05) is 19.1 Å². The van der Waals surface area contributed by atoms with Gasteiger partial charge in [0.1, 0.15) is 5.82 Å². The zero-order chi connectivity index (χ0) is 16.8. The van der Waals surface area contributed by atoms with Crippen LogP contribution >= 0.6 is 0 Å². The molecule has 5 heteroatoms. The Bertz CT molecular complexity index is 656. The molecule has 122 valence electrons. The molecule has 0 bridgehead atoms. The molecule has 0 aliphatic carbocycles. The van der Waals surface area contributed by atoms with Crippen LogP contribution in [0.2, 0.25) is 0 Å². The molecular weight excluding hydrogens is 295 g/mol. The van der Waals surface area contributed by atoms with Gasteiger partial charge in [0.15, 0.2) is 0 Å². The Balaban J connectivity index is 1.98. The molecule has 0 saturated carbocycles. The van der Waals surface area contributed by atoms with E-state index in [2.05, 4.69) is 10.2 Å². The van der Waals surface area contributed by atoms with Gasteiger partial charge in [-0.2, -0.15) is 0 Å². The minimum atomic E-state index is -0.927. The number of rotatable bonds is 7. The first-order valence-electron chi connectivity index (χ1n) is 7.42. The molecule has 1 unspecified atom stereocenters. The Labute approximate surface area is 135 Å². The van der Waals surface area contributed by atoms with Crippen LogP contribution in [0, 0.1) is 5.82 Å². The summed E-state index contributed by atoms with van der Waals surface area (Å²) in [5.74, 6) is -1.17. The summed E-state index contributed by atoms with van der Waals surface area (Å²) in [6.45, 7) is 1.25. The van der Waals surface area contributed by atoms with Gasteiger partial charge >= 0.3 is 5.97 Å². The van der Waals surface area contributed by atoms with Gasteiger partial charge in [-0.15, -0.1) is 0 Å². The van der Waals surface area contributed by atoms with E-state index in [1.165, 1.54) is 12.1 Å². The van der Waals surface area contributed by atoms with Crippen molar-refractivity contribution in [2.24, 2.45) is 0 Å². The monoisotopic (exact) mass is 316 g/mol. The zero-order valence-electron chi connectivity index (χ0n) is 13.3. The van der Waals surface area contributed by atoms with Crippen molar-refractivity contribution in [2.75, 3.05) is 20.6 Å². The quantitative estimate of drug-likeness (QED) is 0.825. The summed E-state index contributed by atoms with van der Waals surface area (Å²) in [7, 11) is 3.95. The van der Waals surface area contributed by atoms with E-state index in [-0.39, 0.29) is 17.4 Å². The number of hydrogen-bond donors (Lipinski definition) is 2. The molecule has 0 heterocycles. The fourth-order valence-corrected chi connectivity index (χ4v) is 2.45. The lowest BCUT2D eigenvalue weighted by Crippen LogP contribution is -2.30. The molecule has 2 rings (SSSR count). The number of aromatic carboxylic acids is 1. The summed E-state index contributed by atoms with van der Waals surface area (Å²) < 4.78 is 13.1. The predicted molar refractivity (Wildman–Crippen MR) is 87.9 cm³/mol. The number of hydrogen-bond acceptors (Lipinski definition) is 3. The van der Waals surface area contributed by atoms with E-state index in [1.54, 1.807) is 30.3 Å². The number of carbonyl (C=O) groups is 1. The van der Waals surface area contributed by atoms with Gasteiger partial charge < -0.3 is 15.3 Å². The van der Waals surface area contributed by atoms with Crippen LogP contribution in [-0.2, 0) is 6.54 Å². The SMILES string of the molecule is CN(C)C(CNCc1cccc(C(=O)O)c1)c1ccc(F)cc1. The van der Waals surface area contributed by atoms with Crippen molar-refractivity contribution in [1.82, 2.24) is 10.2 Å². The van der Waals surface area contributed by atoms with Gasteiger partial charge in [-0.25, -0.2) is 9.18 Å². The Morgan fingerprint density at radius 3 is 2.52 bits per heavy atom. The summed E-state index contributed by atoms with van der Waals surface area (Å²) in [6.07, 6.45) is 0. The third-order valence-electron chi connectivity index (χ3n) is 3.72. The second-order valence-electron chi connectivity index (χ2n) is 5.67. The number of halogens is 1. The molecule has 0 radical (unpaired) electrons. The Hall–Kier alpha value is -2.24. The van der Waals surface area contributed by atoms with Crippen molar-refractivity contribution in [3.63, 3.8) is 0 Å². The second-order valence-corrected chi connectivity index (χ2v) is 5.67. The molecule has 0 aromatic heterocycles. The van der Waals surface area contributed by atoms with Gasteiger partial charge in [0.25, 0.3) is 0 Å². The highest BCUT2D eigenvalue weighted by Crippen LogP contribution is 2.18. The van der Waals surface area contributed by atoms with Crippen LogP contribution < -0.4 is 5.32 Å². The van der Waals surface area contributed by atoms with E-state index in [1.807, 2.05) is 20.2 Å². The van der Waals surface area contributed by atoms with E-state index in [0.717, 1.165) is 11.1 Å². The summed E-state index contributed by atoms with van der Waals surface area (Å²) in [4.78, 5) is 13.0. The van der Waals surface area contributed by atoms with E-state index in [4.69, 9.17) is 5.11 Å². The fraction of sp³-hybridized carbons (Fsp3) is 0.278. The van der Waals surface area contributed by atoms with Crippen molar-refractivity contribution >= 4 is 5.97 Å². The molecule has 23 heavy (non-hydrogen) atoms. The van der Waals surface area contributed by atoms with Gasteiger partial charge in [0.05, 0.1) is 5.56 Å². The van der Waals surface area contributed by atoms with Crippen LogP contribution in [0.4, 0.5) is 4.39 Å². The van der Waals surface area contributed by atoms with Crippen LogP contribution in [0.3, 0.4) is 0 Å². The lowest BCUT2D eigenvalue weighted by atomic mass is 10.1. The lowest BCUT2D eigenvalue weighted by Gasteiger charge is -2.25. The summed E-state index contributed by atoms with van der Waals surface area (Å²) in [6, 6.07) is 13.5. The molecule has 0 saturated heterocycles. The highest BCUT2D eigenvalue weighted by Gasteiger charge is 2.13. The van der Waals surface area contributed by atoms with Crippen molar-refractivity contribution < 1.29 is 14.3 Å². The second kappa shape index (κ2) is 7.85. The standard InChI is InChI=1S/C18H21FN2O2/c1-21(2)17(14-6-8-16(19)9-7-14)12-20-11-13-4-3-5-15(10-13)18(22)23/h3-10,17,20H,11-12H2,1-2H3,(H,22,23). The van der Waals surface area contributed by atoms with Crippen molar-refractivity contribution in [1.29, 1.82) is 0 Å². The average molecular weight is 316 g/mol. The number of nitrogens with zero attached hydrogens (tertiary/aromatic N) is 1. The summed E-state index contributed by atoms with van der Waals surface area (Å²) in [5.41, 5.74) is 2.23. The molecule has 0 aliphatic heterocycles. The van der Waals surface area contributed by atoms with Crippen molar-refractivity contribution in [3.8, 4) is 0 Å². The topological polar surface area (TPSA) is 52.6 Å². The van der Waals surface area contributed by atoms with E-state index in [9.17, 15) is 9.18 Å². The predicted octanol–water partition coefficient (Wildman–Crippen LogP) is 2.92. The van der Waals surface area contributed by atoms with E-state index in [0.29, 0.717) is 13.1 Å². The van der Waals surface area contributed by atoms with Crippen LogP contribution in [0.5, 0.6) is 0 Å². The smallest absolute Gasteiger partial charge is 0.335 e. The van der Waals surface area contributed by atoms with Gasteiger partial charge in [-0.05, 0) is 49.5 Å². The molecule has 0 aliphatic rings. The summed E-state index contributed by atoms with van der Waals surface area (Å²) in [5, 5.41) is 12.3. The zero-order valence-corrected chi connectivity index (χ0v) is 13.3. The molecule has 4 nitrogen and oxygen atoms in total. The largest absolute Gasteiger partial charge is 0.478 e. The van der Waals surface area contributed by atoms with Crippen LogP contribution in [0.25, 0.3) is 0 Å². The van der Waals surface area contributed by atoms with Crippen molar-refractivity contribution in [2.45, 2.75) is 12.6 Å². The number of likely N-dealkylation sites (N-methyl/N-ethyl adjacent to an activating group) is 1. The number of nitrogens with one attached hydrogen (secondary N) is 1.